The van der Waals surface area contributed by atoms with Gasteiger partial charge in [-0.3, -0.25) is 9.78 Å². The van der Waals surface area contributed by atoms with E-state index in [2.05, 4.69) is 10.3 Å². The number of rotatable bonds is 3. The fraction of sp³-hybridized carbons (Fsp3) is 0.222. The molecule has 4 nitrogen and oxygen atoms in total. The van der Waals surface area contributed by atoms with Crippen LogP contribution in [0.25, 0.3) is 0 Å². The first kappa shape index (κ1) is 10.6. The van der Waals surface area contributed by atoms with Gasteiger partial charge in [-0.05, 0) is 12.1 Å². The van der Waals surface area contributed by atoms with Crippen molar-refractivity contribution < 1.29 is 4.79 Å². The van der Waals surface area contributed by atoms with Crippen LogP contribution in [0.5, 0.6) is 0 Å². The highest BCUT2D eigenvalue weighted by molar-refractivity contribution is 7.80. The Balaban J connectivity index is 2.89. The minimum atomic E-state index is -0.483. The molecule has 3 N–H and O–H groups in total. The van der Waals surface area contributed by atoms with Crippen LogP contribution in [-0.2, 0) is 4.79 Å². The predicted molar refractivity (Wildman–Crippen MR) is 57.6 cm³/mol. The Morgan fingerprint density at radius 3 is 2.79 bits per heavy atom. The van der Waals surface area contributed by atoms with E-state index in [1.54, 1.807) is 18.3 Å². The fourth-order valence-electron chi connectivity index (χ4n) is 1.04. The van der Waals surface area contributed by atoms with Gasteiger partial charge in [-0.1, -0.05) is 18.3 Å². The van der Waals surface area contributed by atoms with Gasteiger partial charge < -0.3 is 11.1 Å². The van der Waals surface area contributed by atoms with Crippen molar-refractivity contribution in [2.45, 2.75) is 13.0 Å². The van der Waals surface area contributed by atoms with Gasteiger partial charge in [0, 0.05) is 13.1 Å². The van der Waals surface area contributed by atoms with E-state index >= 15 is 0 Å². The number of carbonyl (C=O) groups excluding carboxylic acids is 1. The lowest BCUT2D eigenvalue weighted by Gasteiger charge is -2.15. The van der Waals surface area contributed by atoms with Gasteiger partial charge in [0.2, 0.25) is 5.91 Å². The topological polar surface area (TPSA) is 68.0 Å². The highest BCUT2D eigenvalue weighted by Crippen LogP contribution is 2.09. The third kappa shape index (κ3) is 2.77. The number of nitrogens with zero attached hydrogens (tertiary/aromatic N) is 1. The average Bonchev–Trinajstić information content (AvgIpc) is 2.15. The summed E-state index contributed by atoms with van der Waals surface area (Å²) in [6.07, 6.45) is 1.63. The zero-order valence-corrected chi connectivity index (χ0v) is 8.54. The van der Waals surface area contributed by atoms with Crippen LogP contribution in [-0.4, -0.2) is 15.9 Å². The number of carbonyl (C=O) groups is 1. The van der Waals surface area contributed by atoms with Gasteiger partial charge in [0.25, 0.3) is 0 Å². The first-order valence-corrected chi connectivity index (χ1v) is 4.49. The molecule has 1 aromatic heterocycles. The van der Waals surface area contributed by atoms with E-state index in [1.165, 1.54) is 6.92 Å². The Morgan fingerprint density at radius 2 is 2.36 bits per heavy atom. The maximum Gasteiger partial charge on any atom is 0.217 e. The monoisotopic (exact) mass is 209 g/mol. The molecule has 0 fully saturated rings. The molecule has 1 aromatic rings. The number of hydrogen-bond donors (Lipinski definition) is 2. The molecule has 0 aliphatic heterocycles. The maximum atomic E-state index is 10.9. The second kappa shape index (κ2) is 4.66. The van der Waals surface area contributed by atoms with Crippen molar-refractivity contribution in [2.24, 2.45) is 5.73 Å². The Hall–Kier alpha value is -1.49. The molecule has 1 atom stereocenters. The normalized spacial score (nSPS) is 11.8. The Kier molecular flexibility index (Phi) is 3.53. The summed E-state index contributed by atoms with van der Waals surface area (Å²) in [5.74, 6) is -0.187. The predicted octanol–water partition coefficient (Wildman–Crippen LogP) is 0.545. The molecule has 1 unspecified atom stereocenters. The first-order valence-electron chi connectivity index (χ1n) is 4.08. The smallest absolute Gasteiger partial charge is 0.217 e. The number of hydrogen-bond acceptors (Lipinski definition) is 3. The molecule has 0 saturated heterocycles. The van der Waals surface area contributed by atoms with Crippen LogP contribution < -0.4 is 11.1 Å². The number of aromatic nitrogens is 1. The Morgan fingerprint density at radius 1 is 1.64 bits per heavy atom. The van der Waals surface area contributed by atoms with Crippen molar-refractivity contribution in [1.82, 2.24) is 10.3 Å². The molecule has 0 spiro atoms. The fourth-order valence-corrected chi connectivity index (χ4v) is 1.22. The van der Waals surface area contributed by atoms with Gasteiger partial charge in [-0.15, -0.1) is 0 Å². The summed E-state index contributed by atoms with van der Waals surface area (Å²) in [5, 5.41) is 2.63. The summed E-state index contributed by atoms with van der Waals surface area (Å²) in [5.41, 5.74) is 6.14. The molecule has 0 saturated carbocycles. The van der Waals surface area contributed by atoms with Crippen molar-refractivity contribution >= 4 is 23.1 Å². The molecule has 0 aliphatic carbocycles. The average molecular weight is 209 g/mol. The second-order valence-electron chi connectivity index (χ2n) is 2.79. The van der Waals surface area contributed by atoms with Crippen molar-refractivity contribution in [1.29, 1.82) is 0 Å². The van der Waals surface area contributed by atoms with E-state index in [9.17, 15) is 4.79 Å². The van der Waals surface area contributed by atoms with E-state index in [-0.39, 0.29) is 10.9 Å². The lowest BCUT2D eigenvalue weighted by Crippen LogP contribution is -2.35. The number of thiocarbonyl (C=S) groups is 1. The maximum absolute atomic E-state index is 10.9. The minimum Gasteiger partial charge on any atom is -0.391 e. The van der Waals surface area contributed by atoms with Gasteiger partial charge in [0.15, 0.2) is 0 Å². The number of nitrogens with one attached hydrogen (secondary N) is 1. The third-order valence-corrected chi connectivity index (χ3v) is 1.85. The quantitative estimate of drug-likeness (QED) is 0.713. The van der Waals surface area contributed by atoms with Crippen molar-refractivity contribution in [3.63, 3.8) is 0 Å². The lowest BCUT2D eigenvalue weighted by atomic mass is 10.2. The molecule has 1 rings (SSSR count). The van der Waals surface area contributed by atoms with Crippen molar-refractivity contribution in [2.75, 3.05) is 0 Å². The van der Waals surface area contributed by atoms with Crippen LogP contribution in [0, 0.1) is 0 Å². The van der Waals surface area contributed by atoms with Gasteiger partial charge in [0.1, 0.15) is 11.0 Å². The molecule has 0 radical (unpaired) electrons. The van der Waals surface area contributed by atoms with Crippen LogP contribution in [0.4, 0.5) is 0 Å². The molecule has 0 aliphatic rings. The summed E-state index contributed by atoms with van der Waals surface area (Å²) < 4.78 is 0. The highest BCUT2D eigenvalue weighted by atomic mass is 32.1. The zero-order chi connectivity index (χ0) is 10.6. The molecular weight excluding hydrogens is 198 g/mol. The molecular formula is C9H11N3OS. The number of pyridine rings is 1. The minimum absolute atomic E-state index is 0.187. The van der Waals surface area contributed by atoms with E-state index in [0.29, 0.717) is 5.69 Å². The van der Waals surface area contributed by atoms with E-state index in [0.717, 1.165) is 0 Å². The standard InChI is InChI=1S/C9H11N3OS/c1-6(13)12-8(9(10)14)7-4-2-3-5-11-7/h2-5,8H,1H3,(H2,10,14)(H,12,13). The van der Waals surface area contributed by atoms with Crippen LogP contribution in [0.3, 0.4) is 0 Å². The van der Waals surface area contributed by atoms with Gasteiger partial charge in [0.05, 0.1) is 5.69 Å². The molecule has 1 heterocycles. The van der Waals surface area contributed by atoms with Crippen LogP contribution in [0.15, 0.2) is 24.4 Å². The van der Waals surface area contributed by atoms with Gasteiger partial charge >= 0.3 is 0 Å². The number of nitrogens with two attached hydrogens (primary N) is 1. The van der Waals surface area contributed by atoms with E-state index in [1.807, 2.05) is 6.07 Å². The number of amides is 1. The first-order chi connectivity index (χ1) is 6.61. The van der Waals surface area contributed by atoms with E-state index in [4.69, 9.17) is 18.0 Å². The summed E-state index contributed by atoms with van der Waals surface area (Å²) in [4.78, 5) is 15.2. The summed E-state index contributed by atoms with van der Waals surface area (Å²) in [6.45, 7) is 1.41. The summed E-state index contributed by atoms with van der Waals surface area (Å²) in [7, 11) is 0. The molecule has 5 heteroatoms. The Bertz CT molecular complexity index is 339. The summed E-state index contributed by atoms with van der Waals surface area (Å²) in [6, 6.07) is 4.88. The third-order valence-electron chi connectivity index (χ3n) is 1.62. The summed E-state index contributed by atoms with van der Waals surface area (Å²) >= 11 is 4.84. The largest absolute Gasteiger partial charge is 0.391 e. The second-order valence-corrected chi connectivity index (χ2v) is 3.26. The van der Waals surface area contributed by atoms with Crippen molar-refractivity contribution in [3.05, 3.63) is 30.1 Å². The van der Waals surface area contributed by atoms with Gasteiger partial charge in [-0.2, -0.15) is 0 Å². The molecule has 74 valence electrons. The van der Waals surface area contributed by atoms with Crippen LogP contribution >= 0.6 is 12.2 Å². The van der Waals surface area contributed by atoms with Crippen LogP contribution in [0.1, 0.15) is 18.7 Å². The molecule has 14 heavy (non-hydrogen) atoms. The Labute approximate surface area is 87.5 Å². The highest BCUT2D eigenvalue weighted by Gasteiger charge is 2.15. The molecule has 0 bridgehead atoms. The molecule has 1 amide bonds. The SMILES string of the molecule is CC(=O)NC(C(N)=S)c1ccccn1. The lowest BCUT2D eigenvalue weighted by molar-refractivity contribution is -0.119. The van der Waals surface area contributed by atoms with Gasteiger partial charge in [-0.25, -0.2) is 0 Å². The molecule has 0 aromatic carbocycles. The van der Waals surface area contributed by atoms with E-state index < -0.39 is 6.04 Å². The van der Waals surface area contributed by atoms with Crippen molar-refractivity contribution in [3.8, 4) is 0 Å². The van der Waals surface area contributed by atoms with Crippen LogP contribution in [0.2, 0.25) is 0 Å². The zero-order valence-electron chi connectivity index (χ0n) is 7.73.